The predicted octanol–water partition coefficient (Wildman–Crippen LogP) is 2.10. The first-order chi connectivity index (χ1) is 9.01. The smallest absolute Gasteiger partial charge is 0.303 e. The zero-order valence-electron chi connectivity index (χ0n) is 11.1. The molecular weight excluding hydrogens is 246 g/mol. The molecule has 1 rings (SSSR count). The minimum Gasteiger partial charge on any atom is -0.481 e. The number of hydrogen-bond donors (Lipinski definition) is 3. The van der Waals surface area contributed by atoms with E-state index in [9.17, 15) is 9.59 Å². The standard InChI is InChI=1S/C13H19N3O3/c1-3-9(2)15-10-4-5-11(14-8-10)16-12(17)6-7-13(18)19/h4-5,8-9,15H,3,6-7H2,1-2H3,(H,18,19)(H,14,16,17). The van der Waals surface area contributed by atoms with E-state index in [-0.39, 0.29) is 18.7 Å². The molecule has 1 amide bonds. The molecular formula is C13H19N3O3. The van der Waals surface area contributed by atoms with Crippen LogP contribution in [0.15, 0.2) is 18.3 Å². The number of rotatable bonds is 7. The van der Waals surface area contributed by atoms with Gasteiger partial charge in [-0.1, -0.05) is 6.92 Å². The van der Waals surface area contributed by atoms with E-state index in [0.717, 1.165) is 12.1 Å². The Bertz CT molecular complexity index is 431. The van der Waals surface area contributed by atoms with Crippen molar-refractivity contribution in [3.8, 4) is 0 Å². The van der Waals surface area contributed by atoms with E-state index in [1.165, 1.54) is 0 Å². The van der Waals surface area contributed by atoms with Gasteiger partial charge in [0.05, 0.1) is 18.3 Å². The van der Waals surface area contributed by atoms with Crippen molar-refractivity contribution < 1.29 is 14.7 Å². The molecule has 0 spiro atoms. The Morgan fingerprint density at radius 3 is 2.63 bits per heavy atom. The fourth-order valence-electron chi connectivity index (χ4n) is 1.37. The van der Waals surface area contributed by atoms with Gasteiger partial charge in [-0.2, -0.15) is 0 Å². The second-order valence-electron chi connectivity index (χ2n) is 4.33. The van der Waals surface area contributed by atoms with Crippen LogP contribution in [0.25, 0.3) is 0 Å². The summed E-state index contributed by atoms with van der Waals surface area (Å²) in [6, 6.07) is 3.87. The molecule has 1 aromatic heterocycles. The van der Waals surface area contributed by atoms with Crippen LogP contribution < -0.4 is 10.6 Å². The highest BCUT2D eigenvalue weighted by molar-refractivity contribution is 5.91. The van der Waals surface area contributed by atoms with Crippen LogP contribution in [0.4, 0.5) is 11.5 Å². The van der Waals surface area contributed by atoms with Crippen LogP contribution in [-0.2, 0) is 9.59 Å². The summed E-state index contributed by atoms with van der Waals surface area (Å²) in [5.74, 6) is -0.918. The molecule has 1 atom stereocenters. The third kappa shape index (κ3) is 5.85. The molecule has 0 aliphatic carbocycles. The second kappa shape index (κ2) is 7.35. The van der Waals surface area contributed by atoms with Crippen LogP contribution >= 0.6 is 0 Å². The molecule has 0 aliphatic heterocycles. The molecule has 0 saturated heterocycles. The van der Waals surface area contributed by atoms with E-state index in [2.05, 4.69) is 29.5 Å². The first kappa shape index (κ1) is 14.9. The van der Waals surface area contributed by atoms with E-state index in [1.807, 2.05) is 6.07 Å². The van der Waals surface area contributed by atoms with Crippen LogP contribution in [0.5, 0.6) is 0 Å². The Morgan fingerprint density at radius 1 is 1.37 bits per heavy atom. The van der Waals surface area contributed by atoms with Gasteiger partial charge >= 0.3 is 5.97 Å². The minimum atomic E-state index is -0.990. The number of pyridine rings is 1. The number of carbonyl (C=O) groups is 2. The Hall–Kier alpha value is -2.11. The molecule has 0 saturated carbocycles. The number of aliphatic carboxylic acids is 1. The van der Waals surface area contributed by atoms with Gasteiger partial charge in [-0.3, -0.25) is 9.59 Å². The van der Waals surface area contributed by atoms with Gasteiger partial charge in [0.1, 0.15) is 5.82 Å². The predicted molar refractivity (Wildman–Crippen MR) is 73.1 cm³/mol. The maximum atomic E-state index is 11.4. The molecule has 3 N–H and O–H groups in total. The largest absolute Gasteiger partial charge is 0.481 e. The fraction of sp³-hybridized carbons (Fsp3) is 0.462. The third-order valence-electron chi connectivity index (χ3n) is 2.62. The number of carboxylic acid groups (broad SMARTS) is 1. The summed E-state index contributed by atoms with van der Waals surface area (Å²) in [5.41, 5.74) is 0.887. The maximum Gasteiger partial charge on any atom is 0.303 e. The second-order valence-corrected chi connectivity index (χ2v) is 4.33. The van der Waals surface area contributed by atoms with Crippen molar-refractivity contribution in [1.29, 1.82) is 0 Å². The van der Waals surface area contributed by atoms with E-state index < -0.39 is 5.97 Å². The van der Waals surface area contributed by atoms with Crippen molar-refractivity contribution in [1.82, 2.24) is 4.98 Å². The van der Waals surface area contributed by atoms with Crippen molar-refractivity contribution in [3.05, 3.63) is 18.3 Å². The van der Waals surface area contributed by atoms with E-state index in [1.54, 1.807) is 12.3 Å². The zero-order valence-corrected chi connectivity index (χ0v) is 11.1. The summed E-state index contributed by atoms with van der Waals surface area (Å²) >= 11 is 0. The molecule has 19 heavy (non-hydrogen) atoms. The van der Waals surface area contributed by atoms with E-state index in [4.69, 9.17) is 5.11 Å². The maximum absolute atomic E-state index is 11.4. The molecule has 6 heteroatoms. The number of carboxylic acids is 1. The quantitative estimate of drug-likeness (QED) is 0.702. The topological polar surface area (TPSA) is 91.3 Å². The Morgan fingerprint density at radius 2 is 2.11 bits per heavy atom. The molecule has 6 nitrogen and oxygen atoms in total. The summed E-state index contributed by atoms with van der Waals surface area (Å²) in [4.78, 5) is 25.8. The summed E-state index contributed by atoms with van der Waals surface area (Å²) in [6.45, 7) is 4.16. The lowest BCUT2D eigenvalue weighted by Crippen LogP contribution is -2.15. The molecule has 1 heterocycles. The number of hydrogen-bond acceptors (Lipinski definition) is 4. The van der Waals surface area contributed by atoms with Crippen molar-refractivity contribution in [2.24, 2.45) is 0 Å². The average Bonchev–Trinajstić information content (AvgIpc) is 2.38. The van der Waals surface area contributed by atoms with Crippen LogP contribution in [0, 0.1) is 0 Å². The molecule has 0 aromatic carbocycles. The van der Waals surface area contributed by atoms with Crippen LogP contribution in [0.3, 0.4) is 0 Å². The van der Waals surface area contributed by atoms with Gasteiger partial charge in [0.25, 0.3) is 0 Å². The van der Waals surface area contributed by atoms with Crippen molar-refractivity contribution in [3.63, 3.8) is 0 Å². The van der Waals surface area contributed by atoms with Gasteiger partial charge in [0.2, 0.25) is 5.91 Å². The first-order valence-corrected chi connectivity index (χ1v) is 6.25. The van der Waals surface area contributed by atoms with Gasteiger partial charge in [0.15, 0.2) is 0 Å². The monoisotopic (exact) mass is 265 g/mol. The van der Waals surface area contributed by atoms with Crippen molar-refractivity contribution in [2.45, 2.75) is 39.2 Å². The number of amides is 1. The van der Waals surface area contributed by atoms with Crippen LogP contribution in [-0.4, -0.2) is 28.0 Å². The van der Waals surface area contributed by atoms with E-state index >= 15 is 0 Å². The van der Waals surface area contributed by atoms with E-state index in [0.29, 0.717) is 11.9 Å². The Balaban J connectivity index is 2.47. The number of aromatic nitrogens is 1. The molecule has 0 fully saturated rings. The minimum absolute atomic E-state index is 0.0517. The lowest BCUT2D eigenvalue weighted by atomic mass is 10.2. The third-order valence-corrected chi connectivity index (χ3v) is 2.62. The SMILES string of the molecule is CCC(C)Nc1ccc(NC(=O)CCC(=O)O)nc1. The summed E-state index contributed by atoms with van der Waals surface area (Å²) < 4.78 is 0. The molecule has 1 unspecified atom stereocenters. The van der Waals surface area contributed by atoms with Crippen molar-refractivity contribution in [2.75, 3.05) is 10.6 Å². The van der Waals surface area contributed by atoms with Crippen LogP contribution in [0.2, 0.25) is 0 Å². The molecule has 0 radical (unpaired) electrons. The molecule has 104 valence electrons. The van der Waals surface area contributed by atoms with Gasteiger partial charge in [-0.05, 0) is 25.5 Å². The summed E-state index contributed by atoms with van der Waals surface area (Å²) in [7, 11) is 0. The van der Waals surface area contributed by atoms with Gasteiger partial charge < -0.3 is 15.7 Å². The number of anilines is 2. The van der Waals surface area contributed by atoms with Crippen LogP contribution in [0.1, 0.15) is 33.1 Å². The first-order valence-electron chi connectivity index (χ1n) is 6.25. The lowest BCUT2D eigenvalue weighted by molar-refractivity contribution is -0.138. The van der Waals surface area contributed by atoms with Crippen molar-refractivity contribution >= 4 is 23.4 Å². The number of nitrogens with zero attached hydrogens (tertiary/aromatic N) is 1. The van der Waals surface area contributed by atoms with Gasteiger partial charge in [0, 0.05) is 12.5 Å². The van der Waals surface area contributed by atoms with Gasteiger partial charge in [-0.25, -0.2) is 4.98 Å². The summed E-state index contributed by atoms with van der Waals surface area (Å²) in [6.07, 6.45) is 2.41. The molecule has 0 bridgehead atoms. The lowest BCUT2D eigenvalue weighted by Gasteiger charge is -2.12. The average molecular weight is 265 g/mol. The number of nitrogens with one attached hydrogen (secondary N) is 2. The Labute approximate surface area is 112 Å². The fourth-order valence-corrected chi connectivity index (χ4v) is 1.37. The highest BCUT2D eigenvalue weighted by Crippen LogP contribution is 2.12. The number of carbonyl (C=O) groups excluding carboxylic acids is 1. The normalized spacial score (nSPS) is 11.7. The highest BCUT2D eigenvalue weighted by atomic mass is 16.4. The zero-order chi connectivity index (χ0) is 14.3. The Kier molecular flexibility index (Phi) is 5.78. The highest BCUT2D eigenvalue weighted by Gasteiger charge is 2.06. The summed E-state index contributed by atoms with van der Waals surface area (Å²) in [5, 5.41) is 14.3. The molecule has 1 aromatic rings. The van der Waals surface area contributed by atoms with Gasteiger partial charge in [-0.15, -0.1) is 0 Å². The molecule has 0 aliphatic rings.